The molecule has 24 heavy (non-hydrogen) atoms. The van der Waals surface area contributed by atoms with Gasteiger partial charge in [-0.15, -0.1) is 0 Å². The standard InChI is InChI=1S/C17H22N4O3/c1-12-18-16(24-20-12)17(7-9-23-10-8-17)19-15(22)13-5-4-6-14(11-13)21(2)3/h4-6,11H,7-10H2,1-3H3,(H,19,22). The molecule has 0 bridgehead atoms. The Hall–Kier alpha value is -2.41. The van der Waals surface area contributed by atoms with Crippen molar-refractivity contribution < 1.29 is 14.1 Å². The number of benzene rings is 1. The zero-order valence-electron chi connectivity index (χ0n) is 14.2. The van der Waals surface area contributed by atoms with Crippen LogP contribution in [0, 0.1) is 6.92 Å². The zero-order valence-corrected chi connectivity index (χ0v) is 14.2. The van der Waals surface area contributed by atoms with E-state index in [2.05, 4.69) is 15.5 Å². The first-order valence-corrected chi connectivity index (χ1v) is 7.99. The number of aryl methyl sites for hydroxylation is 1. The maximum absolute atomic E-state index is 12.8. The van der Waals surface area contributed by atoms with Crippen LogP contribution >= 0.6 is 0 Å². The van der Waals surface area contributed by atoms with Gasteiger partial charge in [-0.2, -0.15) is 4.98 Å². The number of hydrogen-bond donors (Lipinski definition) is 1. The molecule has 1 fully saturated rings. The number of anilines is 1. The third-order valence-corrected chi connectivity index (χ3v) is 4.26. The van der Waals surface area contributed by atoms with Crippen LogP contribution < -0.4 is 10.2 Å². The highest BCUT2D eigenvalue weighted by molar-refractivity contribution is 5.95. The third-order valence-electron chi connectivity index (χ3n) is 4.26. The van der Waals surface area contributed by atoms with Crippen molar-refractivity contribution in [3.8, 4) is 0 Å². The van der Waals surface area contributed by atoms with Crippen LogP contribution in [0.15, 0.2) is 28.8 Å². The number of amides is 1. The second-order valence-electron chi connectivity index (χ2n) is 6.24. The van der Waals surface area contributed by atoms with E-state index < -0.39 is 5.54 Å². The molecule has 1 aromatic heterocycles. The number of nitrogens with one attached hydrogen (secondary N) is 1. The highest BCUT2D eigenvalue weighted by atomic mass is 16.5. The summed E-state index contributed by atoms with van der Waals surface area (Å²) in [5.74, 6) is 0.844. The average molecular weight is 330 g/mol. The normalized spacial score (nSPS) is 16.6. The Kier molecular flexibility index (Phi) is 4.53. The van der Waals surface area contributed by atoms with Crippen LogP contribution in [0.25, 0.3) is 0 Å². The highest BCUT2D eigenvalue weighted by Crippen LogP contribution is 2.31. The van der Waals surface area contributed by atoms with Crippen molar-refractivity contribution in [2.75, 3.05) is 32.2 Å². The maximum Gasteiger partial charge on any atom is 0.252 e. The van der Waals surface area contributed by atoms with Gasteiger partial charge in [0.1, 0.15) is 5.54 Å². The molecule has 1 aliphatic rings. The number of hydrogen-bond acceptors (Lipinski definition) is 6. The predicted octanol–water partition coefficient (Wildman–Crippen LogP) is 1.88. The van der Waals surface area contributed by atoms with E-state index in [1.165, 1.54) is 0 Å². The van der Waals surface area contributed by atoms with E-state index in [0.717, 1.165) is 5.69 Å². The van der Waals surface area contributed by atoms with Gasteiger partial charge >= 0.3 is 0 Å². The number of nitrogens with zero attached hydrogens (tertiary/aromatic N) is 3. The maximum atomic E-state index is 12.8. The molecule has 1 N–H and O–H groups in total. The molecule has 1 saturated heterocycles. The van der Waals surface area contributed by atoms with Crippen molar-refractivity contribution in [2.45, 2.75) is 25.3 Å². The summed E-state index contributed by atoms with van der Waals surface area (Å²) in [6, 6.07) is 7.50. The second kappa shape index (κ2) is 6.60. The number of carbonyl (C=O) groups excluding carboxylic acids is 1. The number of carbonyl (C=O) groups is 1. The van der Waals surface area contributed by atoms with Crippen LogP contribution in [-0.4, -0.2) is 43.4 Å². The Morgan fingerprint density at radius 3 is 2.67 bits per heavy atom. The molecular formula is C17H22N4O3. The lowest BCUT2D eigenvalue weighted by Crippen LogP contribution is -2.49. The number of rotatable bonds is 4. The van der Waals surface area contributed by atoms with Crippen molar-refractivity contribution in [3.63, 3.8) is 0 Å². The Balaban J connectivity index is 1.87. The molecule has 0 saturated carbocycles. The summed E-state index contributed by atoms with van der Waals surface area (Å²) in [5, 5.41) is 6.98. The molecule has 0 atom stereocenters. The first-order valence-electron chi connectivity index (χ1n) is 7.99. The van der Waals surface area contributed by atoms with Gasteiger partial charge in [0.25, 0.3) is 11.8 Å². The van der Waals surface area contributed by atoms with E-state index in [0.29, 0.717) is 43.3 Å². The minimum absolute atomic E-state index is 0.156. The number of aromatic nitrogens is 2. The Labute approximate surface area is 141 Å². The van der Waals surface area contributed by atoms with Crippen LogP contribution in [0.5, 0.6) is 0 Å². The molecule has 2 aromatic rings. The van der Waals surface area contributed by atoms with Gasteiger partial charge in [-0.05, 0) is 25.1 Å². The van der Waals surface area contributed by atoms with Crippen molar-refractivity contribution in [1.82, 2.24) is 15.5 Å². The molecule has 128 valence electrons. The van der Waals surface area contributed by atoms with Gasteiger partial charge in [-0.3, -0.25) is 4.79 Å². The van der Waals surface area contributed by atoms with Crippen LogP contribution in [0.1, 0.15) is 34.9 Å². The lowest BCUT2D eigenvalue weighted by Gasteiger charge is -2.34. The van der Waals surface area contributed by atoms with Crippen LogP contribution in [-0.2, 0) is 10.3 Å². The van der Waals surface area contributed by atoms with Gasteiger partial charge in [0.2, 0.25) is 0 Å². The second-order valence-corrected chi connectivity index (χ2v) is 6.24. The van der Waals surface area contributed by atoms with Crippen LogP contribution in [0.3, 0.4) is 0 Å². The molecule has 0 radical (unpaired) electrons. The molecule has 2 heterocycles. The molecule has 0 aliphatic carbocycles. The summed E-state index contributed by atoms with van der Waals surface area (Å²) in [5.41, 5.74) is 0.894. The first kappa shape index (κ1) is 16.4. The van der Waals surface area contributed by atoms with E-state index in [9.17, 15) is 4.79 Å². The minimum atomic E-state index is -0.676. The summed E-state index contributed by atoms with van der Waals surface area (Å²) in [6.45, 7) is 2.85. The van der Waals surface area contributed by atoms with Gasteiger partial charge in [-0.25, -0.2) is 0 Å². The van der Waals surface area contributed by atoms with Gasteiger partial charge in [0.15, 0.2) is 5.82 Å². The largest absolute Gasteiger partial charge is 0.381 e. The van der Waals surface area contributed by atoms with E-state index in [1.807, 2.05) is 37.2 Å². The molecular weight excluding hydrogens is 308 g/mol. The van der Waals surface area contributed by atoms with Crippen molar-refractivity contribution >= 4 is 11.6 Å². The molecule has 1 amide bonds. The zero-order chi connectivity index (χ0) is 17.2. The molecule has 1 aliphatic heterocycles. The SMILES string of the molecule is Cc1noc(C2(NC(=O)c3cccc(N(C)C)c3)CCOCC2)n1. The molecule has 3 rings (SSSR count). The van der Waals surface area contributed by atoms with Gasteiger partial charge in [0.05, 0.1) is 0 Å². The Morgan fingerprint density at radius 1 is 1.29 bits per heavy atom. The van der Waals surface area contributed by atoms with Crippen molar-refractivity contribution in [2.24, 2.45) is 0 Å². The van der Waals surface area contributed by atoms with Crippen LogP contribution in [0.4, 0.5) is 5.69 Å². The fourth-order valence-electron chi connectivity index (χ4n) is 2.82. The molecule has 7 nitrogen and oxygen atoms in total. The van der Waals surface area contributed by atoms with E-state index in [-0.39, 0.29) is 5.91 Å². The fourth-order valence-corrected chi connectivity index (χ4v) is 2.82. The lowest BCUT2D eigenvalue weighted by atomic mass is 9.89. The van der Waals surface area contributed by atoms with Gasteiger partial charge in [-0.1, -0.05) is 11.2 Å². The first-order chi connectivity index (χ1) is 11.5. The van der Waals surface area contributed by atoms with E-state index >= 15 is 0 Å². The summed E-state index contributed by atoms with van der Waals surface area (Å²) in [4.78, 5) is 19.1. The number of ether oxygens (including phenoxy) is 1. The van der Waals surface area contributed by atoms with E-state index in [4.69, 9.17) is 9.26 Å². The molecule has 0 spiro atoms. The summed E-state index contributed by atoms with van der Waals surface area (Å²) >= 11 is 0. The highest BCUT2D eigenvalue weighted by Gasteiger charge is 2.41. The fraction of sp³-hybridized carbons (Fsp3) is 0.471. The monoisotopic (exact) mass is 330 g/mol. The quantitative estimate of drug-likeness (QED) is 0.922. The third kappa shape index (κ3) is 3.26. The van der Waals surface area contributed by atoms with Crippen molar-refractivity contribution in [3.05, 3.63) is 41.5 Å². The summed E-state index contributed by atoms with van der Waals surface area (Å²) in [7, 11) is 3.89. The summed E-state index contributed by atoms with van der Waals surface area (Å²) in [6.07, 6.45) is 1.21. The topological polar surface area (TPSA) is 80.5 Å². The van der Waals surface area contributed by atoms with E-state index in [1.54, 1.807) is 13.0 Å². The Bertz CT molecular complexity index is 720. The minimum Gasteiger partial charge on any atom is -0.381 e. The molecule has 7 heteroatoms. The lowest BCUT2D eigenvalue weighted by molar-refractivity contribution is 0.0222. The average Bonchev–Trinajstić information content (AvgIpc) is 3.03. The molecule has 0 unspecified atom stereocenters. The van der Waals surface area contributed by atoms with Gasteiger partial charge < -0.3 is 19.5 Å². The summed E-state index contributed by atoms with van der Waals surface area (Å²) < 4.78 is 10.8. The Morgan fingerprint density at radius 2 is 2.04 bits per heavy atom. The van der Waals surface area contributed by atoms with Gasteiger partial charge in [0, 0.05) is 51.4 Å². The van der Waals surface area contributed by atoms with Crippen LogP contribution in [0.2, 0.25) is 0 Å². The smallest absolute Gasteiger partial charge is 0.252 e. The molecule has 1 aromatic carbocycles. The predicted molar refractivity (Wildman–Crippen MR) is 89.0 cm³/mol. The van der Waals surface area contributed by atoms with Crippen molar-refractivity contribution in [1.29, 1.82) is 0 Å².